The lowest BCUT2D eigenvalue weighted by atomic mass is 10.0. The molecule has 32 heavy (non-hydrogen) atoms. The molecule has 1 aromatic heterocycles. The van der Waals surface area contributed by atoms with Gasteiger partial charge in [0.25, 0.3) is 0 Å². The third-order valence-electron chi connectivity index (χ3n) is 5.04. The Bertz CT molecular complexity index is 1120. The van der Waals surface area contributed by atoms with Gasteiger partial charge in [-0.05, 0) is 29.8 Å². The van der Waals surface area contributed by atoms with E-state index in [2.05, 4.69) is 20.9 Å². The number of anilines is 1. The zero-order valence-electron chi connectivity index (χ0n) is 17.2. The van der Waals surface area contributed by atoms with Crippen molar-refractivity contribution in [2.45, 2.75) is 36.0 Å². The first kappa shape index (κ1) is 22.0. The second-order valence-electron chi connectivity index (χ2n) is 7.04. The van der Waals surface area contributed by atoms with Crippen LogP contribution in [0.25, 0.3) is 0 Å². The number of benzene rings is 2. The molecular formula is C21H20F3N5O2S. The normalized spacial score (nSPS) is 17.9. The molecule has 168 valence electrons. The van der Waals surface area contributed by atoms with Crippen molar-refractivity contribution < 1.29 is 22.7 Å². The largest absolute Gasteiger partial charge is 0.497 e. The van der Waals surface area contributed by atoms with Crippen molar-refractivity contribution in [3.05, 3.63) is 65.5 Å². The standard InChI is InChI=1S/C21H20F3N5O2S/c1-3-16-26-27-20-29(16)28-17(12-8-10-13(31-2)11-9-12)18(32-20)19(30)25-15-7-5-4-6-14(15)21(22,23)24/h4-11,17-18,28H,3H2,1-2H3,(H,25,30)/t17-,18+/m0/s1. The van der Waals surface area contributed by atoms with Crippen molar-refractivity contribution in [3.8, 4) is 5.75 Å². The van der Waals surface area contributed by atoms with Crippen LogP contribution in [0.1, 0.15) is 29.9 Å². The van der Waals surface area contributed by atoms with Crippen molar-refractivity contribution in [1.82, 2.24) is 14.9 Å². The van der Waals surface area contributed by atoms with Crippen molar-refractivity contribution in [3.63, 3.8) is 0 Å². The maximum Gasteiger partial charge on any atom is 0.418 e. The molecule has 0 bridgehead atoms. The molecular weight excluding hydrogens is 443 g/mol. The second kappa shape index (κ2) is 8.73. The summed E-state index contributed by atoms with van der Waals surface area (Å²) in [6.07, 6.45) is -3.97. The van der Waals surface area contributed by atoms with Gasteiger partial charge >= 0.3 is 6.18 Å². The van der Waals surface area contributed by atoms with Crippen LogP contribution in [0.5, 0.6) is 5.75 Å². The lowest BCUT2D eigenvalue weighted by Gasteiger charge is -2.33. The Morgan fingerprint density at radius 2 is 1.91 bits per heavy atom. The van der Waals surface area contributed by atoms with E-state index in [4.69, 9.17) is 4.74 Å². The lowest BCUT2D eigenvalue weighted by Crippen LogP contribution is -2.41. The minimum Gasteiger partial charge on any atom is -0.497 e. The predicted octanol–water partition coefficient (Wildman–Crippen LogP) is 4.27. The summed E-state index contributed by atoms with van der Waals surface area (Å²) in [6, 6.07) is 11.5. The number of hydrogen-bond donors (Lipinski definition) is 2. The molecule has 0 aliphatic carbocycles. The smallest absolute Gasteiger partial charge is 0.418 e. The maximum absolute atomic E-state index is 13.4. The highest BCUT2D eigenvalue weighted by atomic mass is 32.2. The molecule has 2 heterocycles. The Morgan fingerprint density at radius 3 is 2.56 bits per heavy atom. The first-order chi connectivity index (χ1) is 15.3. The average Bonchev–Trinajstić information content (AvgIpc) is 3.20. The third kappa shape index (κ3) is 4.24. The van der Waals surface area contributed by atoms with Crippen LogP contribution < -0.4 is 15.5 Å². The van der Waals surface area contributed by atoms with Gasteiger partial charge in [0.05, 0.1) is 24.4 Å². The highest BCUT2D eigenvalue weighted by Gasteiger charge is 2.39. The van der Waals surface area contributed by atoms with Gasteiger partial charge < -0.3 is 15.5 Å². The van der Waals surface area contributed by atoms with E-state index in [9.17, 15) is 18.0 Å². The molecule has 0 saturated carbocycles. The van der Waals surface area contributed by atoms with Crippen molar-refractivity contribution in [2.75, 3.05) is 17.9 Å². The van der Waals surface area contributed by atoms with Crippen molar-refractivity contribution >= 4 is 23.4 Å². The number of carbonyl (C=O) groups excluding carboxylic acids is 1. The summed E-state index contributed by atoms with van der Waals surface area (Å²) in [7, 11) is 1.55. The van der Waals surface area contributed by atoms with E-state index in [0.717, 1.165) is 23.4 Å². The van der Waals surface area contributed by atoms with Gasteiger partial charge in [0.1, 0.15) is 11.0 Å². The summed E-state index contributed by atoms with van der Waals surface area (Å²) >= 11 is 1.15. The van der Waals surface area contributed by atoms with Crippen LogP contribution in [0, 0.1) is 0 Å². The van der Waals surface area contributed by atoms with Gasteiger partial charge in [-0.25, -0.2) is 4.68 Å². The minimum atomic E-state index is -4.59. The van der Waals surface area contributed by atoms with Crippen molar-refractivity contribution in [1.29, 1.82) is 0 Å². The zero-order valence-corrected chi connectivity index (χ0v) is 18.0. The molecule has 1 aliphatic rings. The van der Waals surface area contributed by atoms with Crippen LogP contribution in [0.4, 0.5) is 18.9 Å². The zero-order chi connectivity index (χ0) is 22.9. The molecule has 2 aromatic carbocycles. The van der Waals surface area contributed by atoms with Crippen LogP contribution in [-0.4, -0.2) is 33.1 Å². The Labute approximate surface area is 186 Å². The lowest BCUT2D eigenvalue weighted by molar-refractivity contribution is -0.137. The maximum atomic E-state index is 13.4. The highest BCUT2D eigenvalue weighted by molar-refractivity contribution is 8.00. The molecule has 0 fully saturated rings. The number of ether oxygens (including phenoxy) is 1. The number of amides is 1. The number of halogens is 3. The number of methoxy groups -OCH3 is 1. The van der Waals surface area contributed by atoms with Crippen LogP contribution in [0.2, 0.25) is 0 Å². The SMILES string of the molecule is CCc1nnc2n1N[C@@H](c1ccc(OC)cc1)[C@H](C(=O)Nc1ccccc1C(F)(F)F)S2. The fourth-order valence-electron chi connectivity index (χ4n) is 3.43. The number of nitrogens with one attached hydrogen (secondary N) is 2. The summed E-state index contributed by atoms with van der Waals surface area (Å²) in [5.41, 5.74) is 2.83. The van der Waals surface area contributed by atoms with Gasteiger partial charge in [-0.2, -0.15) is 13.2 Å². The molecule has 0 radical (unpaired) electrons. The molecule has 0 saturated heterocycles. The van der Waals surface area contributed by atoms with Gasteiger partial charge in [-0.3, -0.25) is 4.79 Å². The van der Waals surface area contributed by atoms with Gasteiger partial charge in [0.15, 0.2) is 5.82 Å². The number of fused-ring (bicyclic) bond motifs is 1. The van der Waals surface area contributed by atoms with Crippen molar-refractivity contribution in [2.24, 2.45) is 0 Å². The fourth-order valence-corrected chi connectivity index (χ4v) is 4.53. The number of hydrogen-bond acceptors (Lipinski definition) is 6. The molecule has 2 N–H and O–H groups in total. The van der Waals surface area contributed by atoms with Gasteiger partial charge in [-0.1, -0.05) is 43.0 Å². The van der Waals surface area contributed by atoms with E-state index < -0.39 is 28.9 Å². The molecule has 7 nitrogen and oxygen atoms in total. The molecule has 4 rings (SSSR count). The average molecular weight is 463 g/mol. The number of rotatable bonds is 5. The van der Waals surface area contributed by atoms with E-state index in [1.54, 1.807) is 23.9 Å². The summed E-state index contributed by atoms with van der Waals surface area (Å²) in [4.78, 5) is 13.2. The summed E-state index contributed by atoms with van der Waals surface area (Å²) in [5.74, 6) is 0.760. The molecule has 11 heteroatoms. The van der Waals surface area contributed by atoms with Gasteiger partial charge in [0, 0.05) is 6.42 Å². The molecule has 3 aromatic rings. The van der Waals surface area contributed by atoms with Crippen LogP contribution in [-0.2, 0) is 17.4 Å². The second-order valence-corrected chi connectivity index (χ2v) is 8.15. The topological polar surface area (TPSA) is 81.1 Å². The number of para-hydroxylation sites is 1. The predicted molar refractivity (Wildman–Crippen MR) is 114 cm³/mol. The number of nitrogens with zero attached hydrogens (tertiary/aromatic N) is 3. The third-order valence-corrected chi connectivity index (χ3v) is 6.26. The number of carbonyl (C=O) groups is 1. The Kier molecular flexibility index (Phi) is 6.00. The summed E-state index contributed by atoms with van der Waals surface area (Å²) in [5, 5.41) is 10.4. The van der Waals surface area contributed by atoms with E-state index in [1.165, 1.54) is 18.2 Å². The Balaban J connectivity index is 1.68. The quantitative estimate of drug-likeness (QED) is 0.588. The summed E-state index contributed by atoms with van der Waals surface area (Å²) in [6.45, 7) is 1.93. The molecule has 1 amide bonds. The number of aromatic nitrogens is 3. The molecule has 2 atom stereocenters. The van der Waals surface area contributed by atoms with E-state index in [1.807, 2.05) is 19.1 Å². The number of alkyl halides is 3. The minimum absolute atomic E-state index is 0.291. The van der Waals surface area contributed by atoms with Gasteiger partial charge in [0.2, 0.25) is 11.1 Å². The summed E-state index contributed by atoms with van der Waals surface area (Å²) < 4.78 is 47.1. The molecule has 1 aliphatic heterocycles. The Hall–Kier alpha value is -3.21. The van der Waals surface area contributed by atoms with E-state index >= 15 is 0 Å². The van der Waals surface area contributed by atoms with E-state index in [-0.39, 0.29) is 5.69 Å². The monoisotopic (exact) mass is 463 g/mol. The fraction of sp³-hybridized carbons (Fsp3) is 0.286. The van der Waals surface area contributed by atoms with Crippen LogP contribution in [0.15, 0.2) is 53.7 Å². The molecule has 0 unspecified atom stereocenters. The van der Waals surface area contributed by atoms with Gasteiger partial charge in [-0.15, -0.1) is 10.2 Å². The first-order valence-electron chi connectivity index (χ1n) is 9.80. The van der Waals surface area contributed by atoms with Crippen LogP contribution in [0.3, 0.4) is 0 Å². The highest BCUT2D eigenvalue weighted by Crippen LogP contribution is 2.39. The number of aryl methyl sites for hydroxylation is 1. The molecule has 0 spiro atoms. The van der Waals surface area contributed by atoms with Crippen LogP contribution >= 0.6 is 11.8 Å². The first-order valence-corrected chi connectivity index (χ1v) is 10.7. The van der Waals surface area contributed by atoms with E-state index in [0.29, 0.717) is 23.2 Å². The number of thioether (sulfide) groups is 1. The Morgan fingerprint density at radius 1 is 1.19 bits per heavy atom.